The van der Waals surface area contributed by atoms with E-state index >= 15 is 0 Å². The Kier molecular flexibility index (Phi) is 12.4. The Hall–Kier alpha value is -13.3. The molecule has 0 aliphatic carbocycles. The quantitative estimate of drug-likeness (QED) is 0.148. The van der Waals surface area contributed by atoms with Gasteiger partial charge in [0.1, 0.15) is 0 Å². The van der Waals surface area contributed by atoms with Crippen molar-refractivity contribution in [3.05, 3.63) is 364 Å². The molecule has 0 aliphatic heterocycles. The number of nitrogens with zero attached hydrogens (tertiary/aromatic N) is 4. The Morgan fingerprint density at radius 2 is 0.330 bits per heavy atom. The highest BCUT2D eigenvalue weighted by Crippen LogP contribution is 2.44. The van der Waals surface area contributed by atoms with Gasteiger partial charge in [0.05, 0.1) is 44.1 Å². The van der Waals surface area contributed by atoms with E-state index in [1.54, 1.807) is 0 Å². The van der Waals surface area contributed by atoms with Crippen molar-refractivity contribution in [2.45, 2.75) is 0 Å². The lowest BCUT2D eigenvalue weighted by atomic mass is 9.94. The third-order valence-corrected chi connectivity index (χ3v) is 21.4. The number of rotatable bonds is 6. The van der Waals surface area contributed by atoms with Crippen LogP contribution in [0.15, 0.2) is 364 Å². The predicted molar refractivity (Wildman–Crippen MR) is 426 cm³/mol. The fraction of sp³-hybridized carbons (Fsp3) is 0. The second kappa shape index (κ2) is 22.1. The van der Waals surface area contributed by atoms with E-state index in [2.05, 4.69) is 382 Å². The van der Waals surface area contributed by atoms with Gasteiger partial charge in [-0.3, -0.25) is 0 Å². The minimum Gasteiger partial charge on any atom is -0.309 e. The van der Waals surface area contributed by atoms with Gasteiger partial charge in [0, 0.05) is 65.8 Å². The van der Waals surface area contributed by atoms with Crippen LogP contribution in [0.2, 0.25) is 0 Å². The zero-order chi connectivity index (χ0) is 65.5. The Morgan fingerprint density at radius 1 is 0.110 bits per heavy atom. The van der Waals surface area contributed by atoms with Crippen LogP contribution in [0.5, 0.6) is 0 Å². The van der Waals surface area contributed by atoms with Crippen molar-refractivity contribution in [2.24, 2.45) is 0 Å². The summed E-state index contributed by atoms with van der Waals surface area (Å²) in [5.74, 6) is 0. The minimum atomic E-state index is 1.17. The van der Waals surface area contributed by atoms with Gasteiger partial charge in [-0.15, -0.1) is 0 Å². The van der Waals surface area contributed by atoms with Crippen LogP contribution >= 0.6 is 0 Å². The van der Waals surface area contributed by atoms with Crippen molar-refractivity contribution in [3.8, 4) is 45.0 Å². The minimum absolute atomic E-state index is 1.17. The van der Waals surface area contributed by atoms with Crippen LogP contribution in [-0.4, -0.2) is 18.3 Å². The third-order valence-electron chi connectivity index (χ3n) is 21.4. The highest BCUT2D eigenvalue weighted by Gasteiger charge is 2.21. The lowest BCUT2D eigenvalue weighted by molar-refractivity contribution is 1.18. The summed E-state index contributed by atoms with van der Waals surface area (Å²) in [4.78, 5) is 0. The number of aromatic nitrogens is 4. The van der Waals surface area contributed by atoms with Gasteiger partial charge >= 0.3 is 0 Å². The van der Waals surface area contributed by atoms with E-state index in [0.29, 0.717) is 0 Å². The van der Waals surface area contributed by atoms with Gasteiger partial charge in [0.15, 0.2) is 0 Å². The molecule has 0 amide bonds. The SMILES string of the molecule is c1ccc(-n2c3ccccc3c3cc(-c4ccc5c(c4)c4ccccc4n5-c4ccc5c6ccccc6c6ccccc6c5c4)ccc32)cc1.c1ccc(-n2c3ccccc3c3ccc(-c4ccc5c6ccccc6n(-c6ccc7c8ccccc8c8ccccc8c7c6)c5c4)cc32)cc1. The monoisotopic (exact) mass is 1270 g/mol. The molecule has 0 bridgehead atoms. The van der Waals surface area contributed by atoms with Crippen molar-refractivity contribution in [2.75, 3.05) is 0 Å². The molecule has 0 N–H and O–H groups in total. The van der Waals surface area contributed by atoms with Crippen molar-refractivity contribution in [1.29, 1.82) is 0 Å². The van der Waals surface area contributed by atoms with Gasteiger partial charge in [0.25, 0.3) is 0 Å². The fourth-order valence-electron chi connectivity index (χ4n) is 16.9. The largest absolute Gasteiger partial charge is 0.309 e. The standard InChI is InChI=1S/2C48H30N2/c1-2-12-33(13-3-1)49-45-20-10-8-18-40(45)43-28-31(22-26-47(43)49)32-23-27-48-44(29-32)41-19-9-11-21-46(41)50(48)34-24-25-39-37-16-5-4-14-35(37)36-15-6-7-17-38(36)42(39)30-34;1-2-12-33(13-3-1)49-45-20-10-8-18-40(45)42-25-22-31(28-47(42)49)32-23-26-43-41-19-9-11-21-46(41)50(48(43)29-32)34-24-27-39-37-16-5-4-14-35(37)36-15-6-7-17-38(36)44(39)30-34/h2*1-30H. The van der Waals surface area contributed by atoms with E-state index in [4.69, 9.17) is 0 Å². The zero-order valence-corrected chi connectivity index (χ0v) is 54.4. The maximum atomic E-state index is 2.46. The number of benzene rings is 18. The molecule has 0 unspecified atom stereocenters. The van der Waals surface area contributed by atoms with E-state index in [0.717, 1.165) is 0 Å². The maximum Gasteiger partial charge on any atom is 0.0547 e. The Labute approximate surface area is 575 Å². The van der Waals surface area contributed by atoms with Crippen LogP contribution in [-0.2, 0) is 0 Å². The van der Waals surface area contributed by atoms with Crippen LogP contribution in [0.1, 0.15) is 0 Å². The van der Waals surface area contributed by atoms with Crippen LogP contribution in [0.3, 0.4) is 0 Å². The van der Waals surface area contributed by atoms with Crippen molar-refractivity contribution in [1.82, 2.24) is 18.3 Å². The Balaban J connectivity index is 0.000000131. The average molecular weight is 1270 g/mol. The molecule has 0 saturated carbocycles. The summed E-state index contributed by atoms with van der Waals surface area (Å²) in [7, 11) is 0. The predicted octanol–water partition coefficient (Wildman–Crippen LogP) is 26.0. The summed E-state index contributed by atoms with van der Waals surface area (Å²) in [6.45, 7) is 0. The van der Waals surface area contributed by atoms with Crippen molar-refractivity contribution >= 4 is 152 Å². The fourth-order valence-corrected chi connectivity index (χ4v) is 16.9. The molecule has 18 aromatic carbocycles. The number of para-hydroxylation sites is 6. The molecule has 0 saturated heterocycles. The first-order chi connectivity index (χ1) is 49.6. The summed E-state index contributed by atoms with van der Waals surface area (Å²) < 4.78 is 9.67. The van der Waals surface area contributed by atoms with E-state index in [1.165, 1.54) is 197 Å². The van der Waals surface area contributed by atoms with E-state index in [1.807, 2.05) is 0 Å². The summed E-state index contributed by atoms with van der Waals surface area (Å²) >= 11 is 0. The summed E-state index contributed by atoms with van der Waals surface area (Å²) in [6, 6.07) is 134. The highest BCUT2D eigenvalue weighted by atomic mass is 15.0. The van der Waals surface area contributed by atoms with Gasteiger partial charge < -0.3 is 18.3 Å². The zero-order valence-electron chi connectivity index (χ0n) is 54.4. The maximum absolute atomic E-state index is 2.46. The first-order valence-electron chi connectivity index (χ1n) is 34.6. The number of hydrogen-bond acceptors (Lipinski definition) is 0. The van der Waals surface area contributed by atoms with Gasteiger partial charge in [-0.05, 0) is 196 Å². The summed E-state index contributed by atoms with van der Waals surface area (Å²) in [6.07, 6.45) is 0. The molecular weight excluding hydrogens is 1210 g/mol. The van der Waals surface area contributed by atoms with Crippen LogP contribution < -0.4 is 0 Å². The molecule has 0 aliphatic rings. The average Bonchev–Trinajstić information content (AvgIpc) is 1.46. The molecule has 4 aromatic heterocycles. The van der Waals surface area contributed by atoms with E-state index in [-0.39, 0.29) is 0 Å². The molecule has 464 valence electrons. The van der Waals surface area contributed by atoms with Crippen LogP contribution in [0.25, 0.3) is 197 Å². The second-order valence-electron chi connectivity index (χ2n) is 26.7. The van der Waals surface area contributed by atoms with Gasteiger partial charge in [-0.25, -0.2) is 0 Å². The molecule has 22 rings (SSSR count). The molecule has 4 nitrogen and oxygen atoms in total. The van der Waals surface area contributed by atoms with Gasteiger partial charge in [-0.1, -0.05) is 255 Å². The molecule has 4 heterocycles. The first-order valence-corrected chi connectivity index (χ1v) is 34.6. The van der Waals surface area contributed by atoms with Crippen molar-refractivity contribution in [3.63, 3.8) is 0 Å². The molecule has 4 heteroatoms. The van der Waals surface area contributed by atoms with Gasteiger partial charge in [-0.2, -0.15) is 0 Å². The van der Waals surface area contributed by atoms with Crippen LogP contribution in [0, 0.1) is 0 Å². The topological polar surface area (TPSA) is 19.7 Å². The van der Waals surface area contributed by atoms with Crippen LogP contribution in [0.4, 0.5) is 0 Å². The molecule has 0 radical (unpaired) electrons. The lowest BCUT2D eigenvalue weighted by Crippen LogP contribution is -1.95. The molecule has 22 aromatic rings. The summed E-state index contributed by atoms with van der Waals surface area (Å²) in [5.41, 5.74) is 19.2. The number of hydrogen-bond donors (Lipinski definition) is 0. The van der Waals surface area contributed by atoms with E-state index < -0.39 is 0 Å². The second-order valence-corrected chi connectivity index (χ2v) is 26.7. The molecule has 100 heavy (non-hydrogen) atoms. The normalized spacial score (nSPS) is 12.0. The Morgan fingerprint density at radius 3 is 0.690 bits per heavy atom. The molecular formula is C96H60N4. The first kappa shape index (κ1) is 55.9. The molecule has 0 atom stereocenters. The van der Waals surface area contributed by atoms with E-state index in [9.17, 15) is 0 Å². The molecule has 0 fully saturated rings. The third kappa shape index (κ3) is 8.47. The van der Waals surface area contributed by atoms with Crippen molar-refractivity contribution < 1.29 is 0 Å². The lowest BCUT2D eigenvalue weighted by Gasteiger charge is -2.14. The number of fused-ring (bicyclic) bond motifs is 24. The Bertz CT molecular complexity index is 7070. The summed E-state index contributed by atoms with van der Waals surface area (Å²) in [5, 5.41) is 25.6. The van der Waals surface area contributed by atoms with Gasteiger partial charge in [0.2, 0.25) is 0 Å². The smallest absolute Gasteiger partial charge is 0.0547 e. The molecule has 0 spiro atoms. The highest BCUT2D eigenvalue weighted by molar-refractivity contribution is 6.27.